The zero-order chi connectivity index (χ0) is 45.2. The molecule has 0 N–H and O–H groups in total. The first-order valence-corrected chi connectivity index (χ1v) is 26.7. The van der Waals surface area contributed by atoms with Gasteiger partial charge in [-0.1, -0.05) is 229 Å². The van der Waals surface area contributed by atoms with Crippen LogP contribution < -0.4 is 4.74 Å². The molecular formula is C64H82O. The van der Waals surface area contributed by atoms with E-state index in [1.54, 1.807) is 0 Å². The van der Waals surface area contributed by atoms with Gasteiger partial charge in [-0.15, -0.1) is 0 Å². The van der Waals surface area contributed by atoms with Gasteiger partial charge >= 0.3 is 0 Å². The highest BCUT2D eigenvalue weighted by Gasteiger charge is 2.19. The fourth-order valence-corrected chi connectivity index (χ4v) is 10.3. The Morgan fingerprint density at radius 1 is 0.369 bits per heavy atom. The highest BCUT2D eigenvalue weighted by molar-refractivity contribution is 6.22. The molecule has 0 saturated carbocycles. The van der Waals surface area contributed by atoms with E-state index < -0.39 is 0 Å². The van der Waals surface area contributed by atoms with E-state index in [1.165, 1.54) is 204 Å². The van der Waals surface area contributed by atoms with Crippen molar-refractivity contribution in [3.05, 3.63) is 126 Å². The first-order valence-electron chi connectivity index (χ1n) is 26.7. The minimum atomic E-state index is 0.560. The molecule has 0 bridgehead atoms. The molecule has 0 aliphatic rings. The SMILES string of the molecule is CCCCCCCCCCc1ccc2c(-c3ccc4cc(C(C)CC)ccc4c3)c3cc(CCCCCCCCCC)ccc3c(-c3ccc4cc(OCCCCCC)ccc4c3)c2c1. The maximum atomic E-state index is 6.25. The van der Waals surface area contributed by atoms with Crippen LogP contribution >= 0.6 is 0 Å². The molecule has 0 amide bonds. The van der Waals surface area contributed by atoms with Crippen LogP contribution in [0, 0.1) is 0 Å². The molecule has 0 heterocycles. The molecule has 7 aromatic carbocycles. The standard InChI is InChI=1S/C64H82O/c1-6-10-13-16-18-20-22-24-27-49-30-40-60-61(42-49)63(56-35-33-52-44-51(48(5)9-4)31-32-53(52)45-56)59-39-29-50(28-25-23-21-19-17-14-11-7-2)43-62(59)64(60)57-36-34-55-47-58(38-37-54(55)46-57)65-41-26-15-12-8-3/h29-40,42-48H,6-28,41H2,1-5H3. The van der Waals surface area contributed by atoms with Crippen molar-refractivity contribution in [3.8, 4) is 28.0 Å². The summed E-state index contributed by atoms with van der Waals surface area (Å²) in [5.74, 6) is 1.54. The lowest BCUT2D eigenvalue weighted by atomic mass is 9.83. The normalized spacial score (nSPS) is 12.3. The highest BCUT2D eigenvalue weighted by atomic mass is 16.5. The van der Waals surface area contributed by atoms with Crippen molar-refractivity contribution in [2.24, 2.45) is 0 Å². The number of rotatable bonds is 28. The maximum absolute atomic E-state index is 6.25. The molecule has 0 saturated heterocycles. The molecule has 0 fully saturated rings. The van der Waals surface area contributed by atoms with Gasteiger partial charge in [0.1, 0.15) is 5.75 Å². The van der Waals surface area contributed by atoms with Crippen molar-refractivity contribution in [2.45, 2.75) is 188 Å². The van der Waals surface area contributed by atoms with Gasteiger partial charge in [-0.3, -0.25) is 0 Å². The molecule has 1 heteroatoms. The first kappa shape index (κ1) is 48.3. The average molecular weight is 867 g/mol. The minimum Gasteiger partial charge on any atom is -0.494 e. The Morgan fingerprint density at radius 2 is 0.800 bits per heavy atom. The molecule has 0 aliphatic heterocycles. The van der Waals surface area contributed by atoms with E-state index in [0.29, 0.717) is 5.92 Å². The topological polar surface area (TPSA) is 9.23 Å². The minimum absolute atomic E-state index is 0.560. The summed E-state index contributed by atoms with van der Waals surface area (Å²) in [7, 11) is 0. The molecule has 0 spiro atoms. The Kier molecular flexibility index (Phi) is 18.8. The summed E-state index contributed by atoms with van der Waals surface area (Å²) in [5.41, 5.74) is 9.71. The van der Waals surface area contributed by atoms with Crippen LogP contribution in [0.15, 0.2) is 109 Å². The van der Waals surface area contributed by atoms with E-state index in [1.807, 2.05) is 0 Å². The van der Waals surface area contributed by atoms with Crippen LogP contribution in [-0.2, 0) is 12.8 Å². The van der Waals surface area contributed by atoms with Crippen molar-refractivity contribution in [1.82, 2.24) is 0 Å². The summed E-state index contributed by atoms with van der Waals surface area (Å²) in [6.07, 6.45) is 29.8. The Balaban J connectivity index is 1.31. The summed E-state index contributed by atoms with van der Waals surface area (Å²) in [6, 6.07) is 43.3. The van der Waals surface area contributed by atoms with Crippen LogP contribution in [0.3, 0.4) is 0 Å². The van der Waals surface area contributed by atoms with E-state index >= 15 is 0 Å². The quantitative estimate of drug-likeness (QED) is 0.0352. The number of ether oxygens (including phenoxy) is 1. The van der Waals surface area contributed by atoms with E-state index in [0.717, 1.165) is 38.0 Å². The molecule has 0 radical (unpaired) electrons. The molecule has 7 rings (SSSR count). The molecule has 65 heavy (non-hydrogen) atoms. The van der Waals surface area contributed by atoms with E-state index in [-0.39, 0.29) is 0 Å². The third kappa shape index (κ3) is 13.1. The lowest BCUT2D eigenvalue weighted by Gasteiger charge is -2.20. The van der Waals surface area contributed by atoms with Crippen LogP contribution in [0.4, 0.5) is 0 Å². The third-order valence-electron chi connectivity index (χ3n) is 14.6. The predicted molar refractivity (Wildman–Crippen MR) is 288 cm³/mol. The van der Waals surface area contributed by atoms with Crippen LogP contribution in [-0.4, -0.2) is 6.61 Å². The summed E-state index contributed by atoms with van der Waals surface area (Å²) in [6.45, 7) is 12.3. The largest absolute Gasteiger partial charge is 0.494 e. The van der Waals surface area contributed by atoms with Gasteiger partial charge < -0.3 is 4.74 Å². The van der Waals surface area contributed by atoms with Crippen molar-refractivity contribution < 1.29 is 4.74 Å². The van der Waals surface area contributed by atoms with Gasteiger partial charge in [-0.25, -0.2) is 0 Å². The lowest BCUT2D eigenvalue weighted by Crippen LogP contribution is -1.97. The van der Waals surface area contributed by atoms with Gasteiger partial charge in [0.25, 0.3) is 0 Å². The summed E-state index contributed by atoms with van der Waals surface area (Å²) < 4.78 is 6.25. The van der Waals surface area contributed by atoms with Crippen LogP contribution in [0.5, 0.6) is 5.75 Å². The lowest BCUT2D eigenvalue weighted by molar-refractivity contribution is 0.305. The van der Waals surface area contributed by atoms with Gasteiger partial charge in [0.05, 0.1) is 6.61 Å². The smallest absolute Gasteiger partial charge is 0.119 e. The summed E-state index contributed by atoms with van der Waals surface area (Å²) in [4.78, 5) is 0. The van der Waals surface area contributed by atoms with Crippen LogP contribution in [0.25, 0.3) is 65.3 Å². The zero-order valence-corrected chi connectivity index (χ0v) is 41.3. The monoisotopic (exact) mass is 867 g/mol. The third-order valence-corrected chi connectivity index (χ3v) is 14.6. The van der Waals surface area contributed by atoms with E-state index in [4.69, 9.17) is 4.74 Å². The molecule has 1 atom stereocenters. The van der Waals surface area contributed by atoms with Crippen LogP contribution in [0.2, 0.25) is 0 Å². The van der Waals surface area contributed by atoms with Gasteiger partial charge in [0, 0.05) is 0 Å². The average Bonchev–Trinajstić information content (AvgIpc) is 3.34. The van der Waals surface area contributed by atoms with Gasteiger partial charge in [-0.2, -0.15) is 0 Å². The van der Waals surface area contributed by atoms with Crippen molar-refractivity contribution in [1.29, 1.82) is 0 Å². The molecule has 0 aliphatic carbocycles. The number of hydrogen-bond acceptors (Lipinski definition) is 1. The Hall–Kier alpha value is -4.62. The summed E-state index contributed by atoms with van der Waals surface area (Å²) >= 11 is 0. The van der Waals surface area contributed by atoms with E-state index in [9.17, 15) is 0 Å². The fraction of sp³-hybridized carbons (Fsp3) is 0.469. The molecule has 7 aromatic rings. The molecular weight excluding hydrogens is 785 g/mol. The Labute approximate surface area is 394 Å². The van der Waals surface area contributed by atoms with Crippen LogP contribution in [0.1, 0.15) is 192 Å². The zero-order valence-electron chi connectivity index (χ0n) is 41.3. The molecule has 0 aromatic heterocycles. The molecule has 1 unspecified atom stereocenters. The second-order valence-corrected chi connectivity index (χ2v) is 19.7. The number of hydrogen-bond donors (Lipinski definition) is 0. The van der Waals surface area contributed by atoms with Crippen molar-refractivity contribution in [3.63, 3.8) is 0 Å². The Morgan fingerprint density at radius 3 is 1.31 bits per heavy atom. The van der Waals surface area contributed by atoms with E-state index in [2.05, 4.69) is 144 Å². The van der Waals surface area contributed by atoms with Crippen molar-refractivity contribution >= 4 is 43.1 Å². The molecule has 1 nitrogen and oxygen atoms in total. The second kappa shape index (κ2) is 25.3. The Bertz CT molecular complexity index is 2560. The van der Waals surface area contributed by atoms with Gasteiger partial charge in [-0.05, 0) is 151 Å². The number of benzene rings is 7. The van der Waals surface area contributed by atoms with Gasteiger partial charge in [0.2, 0.25) is 0 Å². The van der Waals surface area contributed by atoms with Crippen molar-refractivity contribution in [2.75, 3.05) is 6.61 Å². The first-order chi connectivity index (χ1) is 32.0. The number of aryl methyl sites for hydroxylation is 2. The fourth-order valence-electron chi connectivity index (χ4n) is 10.3. The predicted octanol–water partition coefficient (Wildman–Crippen LogP) is 20.5. The highest BCUT2D eigenvalue weighted by Crippen LogP contribution is 2.46. The second-order valence-electron chi connectivity index (χ2n) is 19.7. The number of unbranched alkanes of at least 4 members (excludes halogenated alkanes) is 17. The molecule has 344 valence electrons. The maximum Gasteiger partial charge on any atom is 0.119 e. The number of fused-ring (bicyclic) bond motifs is 4. The van der Waals surface area contributed by atoms with Gasteiger partial charge in [0.15, 0.2) is 0 Å². The summed E-state index contributed by atoms with van der Waals surface area (Å²) in [5, 5.41) is 10.6.